The van der Waals surface area contributed by atoms with Gasteiger partial charge in [-0.2, -0.15) is 0 Å². The standard InChI is InChI=1S/C16H18ClNS/c1-12-6-7-14(16(17)8-12)11-19-15-5-3-4-13(9-15)10-18-2/h3-9,18H,10-11H2,1-2H3. The average molecular weight is 292 g/mol. The zero-order valence-corrected chi connectivity index (χ0v) is 12.8. The van der Waals surface area contributed by atoms with E-state index in [4.69, 9.17) is 11.6 Å². The van der Waals surface area contributed by atoms with E-state index in [9.17, 15) is 0 Å². The van der Waals surface area contributed by atoms with Crippen LogP contribution in [0.15, 0.2) is 47.4 Å². The Labute approximate surface area is 124 Å². The van der Waals surface area contributed by atoms with Gasteiger partial charge >= 0.3 is 0 Å². The Balaban J connectivity index is 2.03. The Hall–Kier alpha value is -0.960. The number of thioether (sulfide) groups is 1. The van der Waals surface area contributed by atoms with E-state index in [0.717, 1.165) is 17.3 Å². The first-order valence-electron chi connectivity index (χ1n) is 6.30. The van der Waals surface area contributed by atoms with E-state index in [1.165, 1.54) is 21.6 Å². The molecule has 1 N–H and O–H groups in total. The molecule has 0 atom stereocenters. The van der Waals surface area contributed by atoms with Gasteiger partial charge < -0.3 is 5.32 Å². The van der Waals surface area contributed by atoms with Gasteiger partial charge in [-0.15, -0.1) is 11.8 Å². The number of aryl methyl sites for hydroxylation is 1. The van der Waals surface area contributed by atoms with Crippen molar-refractivity contribution in [3.8, 4) is 0 Å². The molecule has 2 aromatic carbocycles. The molecule has 19 heavy (non-hydrogen) atoms. The lowest BCUT2D eigenvalue weighted by atomic mass is 10.2. The Morgan fingerprint density at radius 1 is 1.16 bits per heavy atom. The van der Waals surface area contributed by atoms with Crippen molar-refractivity contribution in [2.45, 2.75) is 24.1 Å². The van der Waals surface area contributed by atoms with Gasteiger partial charge in [-0.1, -0.05) is 35.9 Å². The van der Waals surface area contributed by atoms with Crippen molar-refractivity contribution >= 4 is 23.4 Å². The maximum Gasteiger partial charge on any atom is 0.0449 e. The fraction of sp³-hybridized carbons (Fsp3) is 0.250. The van der Waals surface area contributed by atoms with E-state index in [1.807, 2.05) is 24.9 Å². The van der Waals surface area contributed by atoms with Crippen LogP contribution in [0, 0.1) is 6.92 Å². The zero-order chi connectivity index (χ0) is 13.7. The minimum absolute atomic E-state index is 0.860. The number of hydrogen-bond donors (Lipinski definition) is 1. The molecule has 2 rings (SSSR count). The van der Waals surface area contributed by atoms with Crippen molar-refractivity contribution < 1.29 is 0 Å². The monoisotopic (exact) mass is 291 g/mol. The van der Waals surface area contributed by atoms with Crippen LogP contribution in [0.25, 0.3) is 0 Å². The van der Waals surface area contributed by atoms with Gasteiger partial charge in [0, 0.05) is 22.2 Å². The normalized spacial score (nSPS) is 10.7. The highest BCUT2D eigenvalue weighted by molar-refractivity contribution is 7.98. The molecule has 0 unspecified atom stereocenters. The van der Waals surface area contributed by atoms with Crippen LogP contribution in [0.5, 0.6) is 0 Å². The summed E-state index contributed by atoms with van der Waals surface area (Å²) in [5, 5.41) is 4.03. The predicted octanol–water partition coefficient (Wildman–Crippen LogP) is 4.66. The lowest BCUT2D eigenvalue weighted by Gasteiger charge is -2.07. The summed E-state index contributed by atoms with van der Waals surface area (Å²) in [6, 6.07) is 14.9. The summed E-state index contributed by atoms with van der Waals surface area (Å²) in [5.41, 5.74) is 3.70. The van der Waals surface area contributed by atoms with E-state index in [1.54, 1.807) is 0 Å². The van der Waals surface area contributed by atoms with Crippen LogP contribution < -0.4 is 5.32 Å². The molecule has 2 aromatic rings. The van der Waals surface area contributed by atoms with Gasteiger partial charge in [0.1, 0.15) is 0 Å². The lowest BCUT2D eigenvalue weighted by molar-refractivity contribution is 0.815. The third-order valence-electron chi connectivity index (χ3n) is 2.88. The average Bonchev–Trinajstić information content (AvgIpc) is 2.38. The van der Waals surface area contributed by atoms with Gasteiger partial charge in [-0.05, 0) is 48.9 Å². The predicted molar refractivity (Wildman–Crippen MR) is 85.0 cm³/mol. The Morgan fingerprint density at radius 2 is 2.00 bits per heavy atom. The number of rotatable bonds is 5. The fourth-order valence-corrected chi connectivity index (χ4v) is 3.24. The molecular formula is C16H18ClNS. The summed E-state index contributed by atoms with van der Waals surface area (Å²) < 4.78 is 0. The highest BCUT2D eigenvalue weighted by atomic mass is 35.5. The van der Waals surface area contributed by atoms with Crippen LogP contribution in [-0.4, -0.2) is 7.05 Å². The quantitative estimate of drug-likeness (QED) is 0.804. The van der Waals surface area contributed by atoms with Gasteiger partial charge in [0.25, 0.3) is 0 Å². The van der Waals surface area contributed by atoms with Crippen molar-refractivity contribution in [1.82, 2.24) is 5.32 Å². The van der Waals surface area contributed by atoms with Gasteiger partial charge in [0.05, 0.1) is 0 Å². The fourth-order valence-electron chi connectivity index (χ4n) is 1.88. The number of nitrogens with one attached hydrogen (secondary N) is 1. The molecule has 0 radical (unpaired) electrons. The van der Waals surface area contributed by atoms with Crippen molar-refractivity contribution in [3.63, 3.8) is 0 Å². The molecule has 0 bridgehead atoms. The van der Waals surface area contributed by atoms with Crippen LogP contribution in [0.3, 0.4) is 0 Å². The van der Waals surface area contributed by atoms with Crippen molar-refractivity contribution in [2.75, 3.05) is 7.05 Å². The summed E-state index contributed by atoms with van der Waals surface area (Å²) in [7, 11) is 1.96. The Bertz CT molecular complexity index is 554. The molecule has 0 aliphatic heterocycles. The van der Waals surface area contributed by atoms with E-state index < -0.39 is 0 Å². The molecule has 0 aliphatic carbocycles. The van der Waals surface area contributed by atoms with Crippen molar-refractivity contribution in [1.29, 1.82) is 0 Å². The van der Waals surface area contributed by atoms with Crippen LogP contribution in [0.1, 0.15) is 16.7 Å². The van der Waals surface area contributed by atoms with E-state index >= 15 is 0 Å². The van der Waals surface area contributed by atoms with Crippen molar-refractivity contribution in [2.24, 2.45) is 0 Å². The second-order valence-electron chi connectivity index (χ2n) is 4.56. The van der Waals surface area contributed by atoms with Crippen molar-refractivity contribution in [3.05, 3.63) is 64.2 Å². The summed E-state index contributed by atoms with van der Waals surface area (Å²) in [5.74, 6) is 0.905. The van der Waals surface area contributed by atoms with Gasteiger partial charge in [0.15, 0.2) is 0 Å². The summed E-state index contributed by atoms with van der Waals surface area (Å²) >= 11 is 8.07. The SMILES string of the molecule is CNCc1cccc(SCc2ccc(C)cc2Cl)c1. The molecule has 0 fully saturated rings. The topological polar surface area (TPSA) is 12.0 Å². The van der Waals surface area contributed by atoms with E-state index in [0.29, 0.717) is 0 Å². The molecule has 0 aromatic heterocycles. The number of hydrogen-bond acceptors (Lipinski definition) is 2. The molecule has 0 saturated carbocycles. The molecular weight excluding hydrogens is 274 g/mol. The molecule has 1 nitrogen and oxygen atoms in total. The smallest absolute Gasteiger partial charge is 0.0449 e. The van der Waals surface area contributed by atoms with Crippen LogP contribution in [0.4, 0.5) is 0 Å². The van der Waals surface area contributed by atoms with Crippen LogP contribution in [-0.2, 0) is 12.3 Å². The van der Waals surface area contributed by atoms with Gasteiger partial charge in [-0.25, -0.2) is 0 Å². The molecule has 0 amide bonds. The molecule has 0 aliphatic rings. The van der Waals surface area contributed by atoms with Gasteiger partial charge in [0.2, 0.25) is 0 Å². The summed E-state index contributed by atoms with van der Waals surface area (Å²) in [4.78, 5) is 1.28. The summed E-state index contributed by atoms with van der Waals surface area (Å²) in [6.07, 6.45) is 0. The Morgan fingerprint density at radius 3 is 2.74 bits per heavy atom. The largest absolute Gasteiger partial charge is 0.316 e. The summed E-state index contributed by atoms with van der Waals surface area (Å²) in [6.45, 7) is 2.96. The molecule has 0 heterocycles. The minimum atomic E-state index is 0.860. The minimum Gasteiger partial charge on any atom is -0.316 e. The number of halogens is 1. The zero-order valence-electron chi connectivity index (χ0n) is 11.2. The molecule has 100 valence electrons. The van der Waals surface area contributed by atoms with Crippen LogP contribution in [0.2, 0.25) is 5.02 Å². The Kier molecular flexibility index (Phi) is 5.32. The third-order valence-corrected chi connectivity index (χ3v) is 4.28. The molecule has 0 spiro atoms. The second-order valence-corrected chi connectivity index (χ2v) is 6.02. The first-order chi connectivity index (χ1) is 9.19. The molecule has 0 saturated heterocycles. The van der Waals surface area contributed by atoms with E-state index in [2.05, 4.69) is 48.6 Å². The molecule has 3 heteroatoms. The second kappa shape index (κ2) is 6.99. The third kappa shape index (κ3) is 4.27. The van der Waals surface area contributed by atoms with Crippen LogP contribution >= 0.6 is 23.4 Å². The number of benzene rings is 2. The van der Waals surface area contributed by atoms with E-state index in [-0.39, 0.29) is 0 Å². The maximum absolute atomic E-state index is 6.25. The first-order valence-corrected chi connectivity index (χ1v) is 7.67. The lowest BCUT2D eigenvalue weighted by Crippen LogP contribution is -2.04. The van der Waals surface area contributed by atoms with Gasteiger partial charge in [-0.3, -0.25) is 0 Å². The highest BCUT2D eigenvalue weighted by Gasteiger charge is 2.02. The maximum atomic E-state index is 6.25. The first kappa shape index (κ1) is 14.4. The highest BCUT2D eigenvalue weighted by Crippen LogP contribution is 2.27.